The van der Waals surface area contributed by atoms with E-state index in [1.807, 2.05) is 13.8 Å². The number of hydrogen-bond donors (Lipinski definition) is 3. The molecule has 1 aromatic carbocycles. The van der Waals surface area contributed by atoms with Crippen molar-refractivity contribution in [2.24, 2.45) is 0 Å². The number of nitrogens with zero attached hydrogens (tertiary/aromatic N) is 4. The van der Waals surface area contributed by atoms with Crippen molar-refractivity contribution < 1.29 is 13.9 Å². The Morgan fingerprint density at radius 3 is 2.79 bits per heavy atom. The number of hydrogen-bond acceptors (Lipinski definition) is 5. The number of ether oxygens (including phenoxy) is 1. The molecule has 3 aromatic rings. The van der Waals surface area contributed by atoms with Gasteiger partial charge in [-0.15, -0.1) is 0 Å². The van der Waals surface area contributed by atoms with E-state index in [0.29, 0.717) is 47.9 Å². The van der Waals surface area contributed by atoms with E-state index >= 15 is 0 Å². The third-order valence-electron chi connectivity index (χ3n) is 6.03. The summed E-state index contributed by atoms with van der Waals surface area (Å²) in [4.78, 5) is 24.2. The molecular weight excluding hydrogens is 425 g/mol. The van der Waals surface area contributed by atoms with E-state index in [9.17, 15) is 9.18 Å². The number of aromatic amines is 2. The molecule has 1 aliphatic rings. The van der Waals surface area contributed by atoms with Gasteiger partial charge in [0.2, 0.25) is 0 Å². The molecule has 1 fully saturated rings. The van der Waals surface area contributed by atoms with E-state index in [2.05, 4.69) is 30.4 Å². The summed E-state index contributed by atoms with van der Waals surface area (Å²) in [6.07, 6.45) is 6.20. The molecule has 0 unspecified atom stereocenters. The minimum absolute atomic E-state index is 0.193. The summed E-state index contributed by atoms with van der Waals surface area (Å²) in [5, 5.41) is 9.74. The Hall–Kier alpha value is -3.14. The number of likely N-dealkylation sites (tertiary alicyclic amines) is 1. The van der Waals surface area contributed by atoms with Gasteiger partial charge in [-0.1, -0.05) is 6.42 Å². The predicted octanol–water partition coefficient (Wildman–Crippen LogP) is 4.22. The SMILES string of the molecule is CCN(CC)C(=O)Nc1cn[nH]c1-c1nc2cc(OCCCN3CCCCC3)c(F)cc2[nH]1. The van der Waals surface area contributed by atoms with Gasteiger partial charge >= 0.3 is 6.03 Å². The van der Waals surface area contributed by atoms with E-state index in [1.165, 1.54) is 31.5 Å². The second kappa shape index (κ2) is 10.7. The second-order valence-electron chi connectivity index (χ2n) is 8.25. The van der Waals surface area contributed by atoms with Crippen molar-refractivity contribution in [3.63, 3.8) is 0 Å². The fourth-order valence-corrected chi connectivity index (χ4v) is 4.16. The molecule has 10 heteroatoms. The van der Waals surface area contributed by atoms with Gasteiger partial charge in [-0.05, 0) is 46.2 Å². The molecule has 0 bridgehead atoms. The average Bonchev–Trinajstić information content (AvgIpc) is 3.44. The molecule has 0 spiro atoms. The van der Waals surface area contributed by atoms with E-state index in [-0.39, 0.29) is 11.8 Å². The number of piperidine rings is 1. The highest BCUT2D eigenvalue weighted by atomic mass is 19.1. The van der Waals surface area contributed by atoms with Crippen LogP contribution in [0.15, 0.2) is 18.3 Å². The molecule has 2 aromatic heterocycles. The molecule has 0 radical (unpaired) electrons. The fraction of sp³-hybridized carbons (Fsp3) is 0.522. The first kappa shape index (κ1) is 23.0. The molecule has 0 atom stereocenters. The zero-order valence-electron chi connectivity index (χ0n) is 19.3. The first-order chi connectivity index (χ1) is 16.1. The number of fused-ring (bicyclic) bond motifs is 1. The van der Waals surface area contributed by atoms with Crippen molar-refractivity contribution in [1.29, 1.82) is 0 Å². The van der Waals surface area contributed by atoms with Crippen LogP contribution >= 0.6 is 0 Å². The maximum Gasteiger partial charge on any atom is 0.321 e. The third kappa shape index (κ3) is 5.44. The van der Waals surface area contributed by atoms with Crippen molar-refractivity contribution in [1.82, 2.24) is 30.0 Å². The molecule has 0 aliphatic carbocycles. The van der Waals surface area contributed by atoms with Gasteiger partial charge in [-0.2, -0.15) is 5.10 Å². The molecule has 9 nitrogen and oxygen atoms in total. The standard InChI is InChI=1S/C23H32FN7O2/c1-3-31(4-2)23(32)28-19-15-25-29-21(19)22-26-17-13-16(24)20(14-18(17)27-22)33-12-8-11-30-9-6-5-7-10-30/h13-15H,3-12H2,1-2H3,(H,25,29)(H,26,27)(H,28,32). The normalized spacial score (nSPS) is 14.5. The largest absolute Gasteiger partial charge is 0.490 e. The molecule has 1 saturated heterocycles. The molecule has 2 amide bonds. The van der Waals surface area contributed by atoms with Crippen LogP contribution in [0.5, 0.6) is 5.75 Å². The van der Waals surface area contributed by atoms with Crippen LogP contribution in [0.3, 0.4) is 0 Å². The maximum atomic E-state index is 14.6. The van der Waals surface area contributed by atoms with Crippen LogP contribution < -0.4 is 10.1 Å². The Morgan fingerprint density at radius 2 is 2.03 bits per heavy atom. The summed E-state index contributed by atoms with van der Waals surface area (Å²) in [6, 6.07) is 2.77. The summed E-state index contributed by atoms with van der Waals surface area (Å²) < 4.78 is 20.3. The molecule has 3 heterocycles. The first-order valence-corrected chi connectivity index (χ1v) is 11.7. The van der Waals surface area contributed by atoms with Crippen LogP contribution in [0.2, 0.25) is 0 Å². The Bertz CT molecular complexity index is 1070. The number of halogens is 1. The molecule has 1 aliphatic heterocycles. The summed E-state index contributed by atoms with van der Waals surface area (Å²) in [5.74, 6) is 0.216. The third-order valence-corrected chi connectivity index (χ3v) is 6.03. The van der Waals surface area contributed by atoms with Crippen LogP contribution in [-0.2, 0) is 0 Å². The van der Waals surface area contributed by atoms with Gasteiger partial charge in [0.25, 0.3) is 0 Å². The van der Waals surface area contributed by atoms with Crippen LogP contribution in [0.1, 0.15) is 39.5 Å². The zero-order valence-corrected chi connectivity index (χ0v) is 19.3. The number of amides is 2. The number of rotatable bonds is 9. The average molecular weight is 458 g/mol. The van der Waals surface area contributed by atoms with Crippen LogP contribution in [0.4, 0.5) is 14.9 Å². The van der Waals surface area contributed by atoms with Crippen LogP contribution in [0, 0.1) is 5.82 Å². The number of imidazole rings is 1. The van der Waals surface area contributed by atoms with Crippen LogP contribution in [0.25, 0.3) is 22.6 Å². The summed E-state index contributed by atoms with van der Waals surface area (Å²) in [7, 11) is 0. The van der Waals surface area contributed by atoms with Crippen molar-refractivity contribution in [3.8, 4) is 17.3 Å². The van der Waals surface area contributed by atoms with Gasteiger partial charge in [-0.3, -0.25) is 5.10 Å². The topological polar surface area (TPSA) is 102 Å². The lowest BCUT2D eigenvalue weighted by atomic mass is 10.1. The van der Waals surface area contributed by atoms with E-state index in [1.54, 1.807) is 11.0 Å². The molecule has 3 N–H and O–H groups in total. The molecular formula is C23H32FN7O2. The molecule has 0 saturated carbocycles. The quantitative estimate of drug-likeness (QED) is 0.418. The number of benzene rings is 1. The first-order valence-electron chi connectivity index (χ1n) is 11.7. The predicted molar refractivity (Wildman–Crippen MR) is 126 cm³/mol. The fourth-order valence-electron chi connectivity index (χ4n) is 4.16. The van der Waals surface area contributed by atoms with Crippen molar-refractivity contribution in [2.75, 3.05) is 44.6 Å². The van der Waals surface area contributed by atoms with Gasteiger partial charge in [0, 0.05) is 31.8 Å². The number of urea groups is 1. The Kier molecular flexibility index (Phi) is 7.43. The minimum Gasteiger partial charge on any atom is -0.490 e. The van der Waals surface area contributed by atoms with E-state index < -0.39 is 5.82 Å². The monoisotopic (exact) mass is 457 g/mol. The number of anilines is 1. The van der Waals surface area contributed by atoms with E-state index in [4.69, 9.17) is 4.74 Å². The van der Waals surface area contributed by atoms with Crippen molar-refractivity contribution >= 4 is 22.8 Å². The number of carbonyl (C=O) groups is 1. The molecule has 4 rings (SSSR count). The zero-order chi connectivity index (χ0) is 23.2. The Labute approximate surface area is 192 Å². The number of H-pyrrole nitrogens is 2. The highest BCUT2D eigenvalue weighted by molar-refractivity contribution is 5.93. The van der Waals surface area contributed by atoms with Gasteiger partial charge in [-0.25, -0.2) is 14.2 Å². The lowest BCUT2D eigenvalue weighted by Crippen LogP contribution is -2.34. The van der Waals surface area contributed by atoms with Crippen LogP contribution in [-0.4, -0.2) is 75.3 Å². The van der Waals surface area contributed by atoms with Gasteiger partial charge in [0.15, 0.2) is 17.4 Å². The number of aromatic nitrogens is 4. The smallest absolute Gasteiger partial charge is 0.321 e. The van der Waals surface area contributed by atoms with Crippen molar-refractivity contribution in [2.45, 2.75) is 39.5 Å². The maximum absolute atomic E-state index is 14.6. The second-order valence-corrected chi connectivity index (χ2v) is 8.25. The molecule has 33 heavy (non-hydrogen) atoms. The Morgan fingerprint density at radius 1 is 1.24 bits per heavy atom. The van der Waals surface area contributed by atoms with E-state index in [0.717, 1.165) is 26.1 Å². The van der Waals surface area contributed by atoms with Gasteiger partial charge < -0.3 is 24.8 Å². The highest BCUT2D eigenvalue weighted by Gasteiger charge is 2.18. The lowest BCUT2D eigenvalue weighted by molar-refractivity contribution is 0.203. The molecule has 178 valence electrons. The highest BCUT2D eigenvalue weighted by Crippen LogP contribution is 2.29. The van der Waals surface area contributed by atoms with Gasteiger partial charge in [0.1, 0.15) is 5.69 Å². The lowest BCUT2D eigenvalue weighted by Gasteiger charge is -2.26. The van der Waals surface area contributed by atoms with Gasteiger partial charge in [0.05, 0.1) is 29.5 Å². The van der Waals surface area contributed by atoms with Crippen molar-refractivity contribution in [3.05, 3.63) is 24.1 Å². The number of carbonyl (C=O) groups excluding carboxylic acids is 1. The Balaban J connectivity index is 1.43. The summed E-state index contributed by atoms with van der Waals surface area (Å²) in [6.45, 7) is 8.74. The summed E-state index contributed by atoms with van der Waals surface area (Å²) >= 11 is 0. The minimum atomic E-state index is -0.435. The summed E-state index contributed by atoms with van der Waals surface area (Å²) in [5.41, 5.74) is 2.14. The number of nitrogens with one attached hydrogen (secondary N) is 3.